The first kappa shape index (κ1) is 16.9. The van der Waals surface area contributed by atoms with Gasteiger partial charge in [0, 0.05) is 29.9 Å². The van der Waals surface area contributed by atoms with E-state index in [1.54, 1.807) is 0 Å². The van der Waals surface area contributed by atoms with Gasteiger partial charge in [-0.15, -0.1) is 0 Å². The maximum atomic E-state index is 13.1. The van der Waals surface area contributed by atoms with Crippen LogP contribution in [0.15, 0.2) is 18.6 Å². The van der Waals surface area contributed by atoms with E-state index >= 15 is 0 Å². The lowest BCUT2D eigenvalue weighted by atomic mass is 9.86. The Morgan fingerprint density at radius 3 is 2.38 bits per heavy atom. The molecule has 4 nitrogen and oxygen atoms in total. The average Bonchev–Trinajstić information content (AvgIpc) is 2.53. The zero-order chi connectivity index (χ0) is 17.3. The van der Waals surface area contributed by atoms with Crippen LogP contribution in [0.4, 0.5) is 22.0 Å². The highest BCUT2D eigenvalue weighted by atomic mass is 19.4. The number of ether oxygens (including phenoxy) is 1. The minimum absolute atomic E-state index is 0.166. The zero-order valence-corrected chi connectivity index (χ0v) is 12.4. The third-order valence-electron chi connectivity index (χ3n) is 4.15. The van der Waals surface area contributed by atoms with Gasteiger partial charge < -0.3 is 4.74 Å². The molecule has 0 aromatic carbocycles. The minimum Gasteiger partial charge on any atom is -0.320 e. The Balaban J connectivity index is 1.84. The van der Waals surface area contributed by atoms with Gasteiger partial charge in [0.2, 0.25) is 0 Å². The van der Waals surface area contributed by atoms with Crippen molar-refractivity contribution in [1.82, 2.24) is 15.0 Å². The number of hydrogen-bond donors (Lipinski definition) is 0. The van der Waals surface area contributed by atoms with Crippen LogP contribution >= 0.6 is 0 Å². The van der Waals surface area contributed by atoms with E-state index in [9.17, 15) is 22.0 Å². The number of nitrogens with zero attached hydrogens (tertiary/aromatic N) is 3. The summed E-state index contributed by atoms with van der Waals surface area (Å²) in [6.45, 7) is -2.81. The molecule has 1 fully saturated rings. The number of fused-ring (bicyclic) bond motifs is 1. The van der Waals surface area contributed by atoms with Crippen molar-refractivity contribution in [1.29, 1.82) is 0 Å². The molecule has 0 amide bonds. The Morgan fingerprint density at radius 1 is 1.04 bits per heavy atom. The van der Waals surface area contributed by atoms with Gasteiger partial charge in [-0.1, -0.05) is 0 Å². The molecule has 3 rings (SSSR count). The van der Waals surface area contributed by atoms with Gasteiger partial charge in [-0.2, -0.15) is 22.0 Å². The second-order valence-corrected chi connectivity index (χ2v) is 5.72. The molecule has 0 radical (unpaired) electrons. The molecule has 24 heavy (non-hydrogen) atoms. The Kier molecular flexibility index (Phi) is 4.62. The molecule has 0 atom stereocenters. The fraction of sp³-hybridized carbons (Fsp3) is 0.533. The summed E-state index contributed by atoms with van der Waals surface area (Å²) < 4.78 is 68.1. The highest BCUT2D eigenvalue weighted by molar-refractivity contribution is 5.80. The van der Waals surface area contributed by atoms with E-state index in [-0.39, 0.29) is 16.8 Å². The predicted octanol–water partition coefficient (Wildman–Crippen LogP) is 4.31. The lowest BCUT2D eigenvalue weighted by molar-refractivity contribution is -0.170. The minimum atomic E-state index is -4.55. The highest BCUT2D eigenvalue weighted by Gasteiger charge is 2.34. The molecule has 9 heteroatoms. The fourth-order valence-electron chi connectivity index (χ4n) is 2.97. The Bertz CT molecular complexity index is 714. The Morgan fingerprint density at radius 2 is 1.75 bits per heavy atom. The normalized spacial score (nSPS) is 22.2. The molecule has 0 saturated heterocycles. The molecular weight excluding hydrogens is 333 g/mol. The van der Waals surface area contributed by atoms with Crippen molar-refractivity contribution < 1.29 is 26.7 Å². The molecule has 2 aromatic heterocycles. The fourth-order valence-corrected chi connectivity index (χ4v) is 2.97. The van der Waals surface area contributed by atoms with E-state index < -0.39 is 24.5 Å². The van der Waals surface area contributed by atoms with Crippen molar-refractivity contribution in [2.45, 2.75) is 50.5 Å². The summed E-state index contributed by atoms with van der Waals surface area (Å²) in [5.74, 6) is 0.135. The molecule has 0 unspecified atom stereocenters. The van der Waals surface area contributed by atoms with Gasteiger partial charge in [0.25, 0.3) is 0 Å². The van der Waals surface area contributed by atoms with Crippen LogP contribution in [0.25, 0.3) is 10.9 Å². The van der Waals surface area contributed by atoms with Crippen LogP contribution in [-0.4, -0.2) is 27.7 Å². The summed E-state index contributed by atoms with van der Waals surface area (Å²) >= 11 is 0. The van der Waals surface area contributed by atoms with Crippen molar-refractivity contribution in [2.24, 2.45) is 0 Å². The molecule has 0 N–H and O–H groups in total. The summed E-state index contributed by atoms with van der Waals surface area (Å²) in [6.07, 6.45) is 0.0516. The standard InChI is InChI=1S/C15H14F5N3O/c16-14(17)24-10-3-1-8(2-4-10)13-22-6-9-5-21-7-11(12(9)23-13)15(18,19)20/h5-8,10,14H,1-4H2. The topological polar surface area (TPSA) is 47.9 Å². The summed E-state index contributed by atoms with van der Waals surface area (Å²) in [6, 6.07) is 0. The van der Waals surface area contributed by atoms with Gasteiger partial charge in [0.1, 0.15) is 11.4 Å². The number of alkyl halides is 5. The smallest absolute Gasteiger partial charge is 0.320 e. The largest absolute Gasteiger partial charge is 0.419 e. The predicted molar refractivity (Wildman–Crippen MR) is 74.4 cm³/mol. The van der Waals surface area contributed by atoms with Gasteiger partial charge in [-0.25, -0.2) is 9.97 Å². The Labute approximate surface area is 134 Å². The molecule has 1 saturated carbocycles. The van der Waals surface area contributed by atoms with Crippen LogP contribution in [-0.2, 0) is 10.9 Å². The first-order valence-corrected chi connectivity index (χ1v) is 7.46. The van der Waals surface area contributed by atoms with Crippen LogP contribution < -0.4 is 0 Å². The summed E-state index contributed by atoms with van der Waals surface area (Å²) in [5, 5.41) is 0.211. The summed E-state index contributed by atoms with van der Waals surface area (Å²) in [4.78, 5) is 11.8. The van der Waals surface area contributed by atoms with E-state index in [1.807, 2.05) is 0 Å². The van der Waals surface area contributed by atoms with E-state index in [0.717, 1.165) is 6.20 Å². The average molecular weight is 347 g/mol. The van der Waals surface area contributed by atoms with Gasteiger partial charge in [0.05, 0.1) is 11.6 Å². The molecule has 2 heterocycles. The third-order valence-corrected chi connectivity index (χ3v) is 4.15. The van der Waals surface area contributed by atoms with Crippen molar-refractivity contribution in [3.8, 4) is 0 Å². The van der Waals surface area contributed by atoms with Gasteiger partial charge >= 0.3 is 12.8 Å². The van der Waals surface area contributed by atoms with Gasteiger partial charge in [-0.05, 0) is 25.7 Å². The number of pyridine rings is 1. The van der Waals surface area contributed by atoms with E-state index in [2.05, 4.69) is 19.7 Å². The lowest BCUT2D eigenvalue weighted by Crippen LogP contribution is -2.23. The van der Waals surface area contributed by atoms with Gasteiger partial charge in [0.15, 0.2) is 0 Å². The molecular formula is C15H14F5N3O. The van der Waals surface area contributed by atoms with E-state index in [4.69, 9.17) is 0 Å². The molecule has 1 aliphatic carbocycles. The van der Waals surface area contributed by atoms with Crippen LogP contribution in [0, 0.1) is 0 Å². The molecule has 0 spiro atoms. The number of halogens is 5. The third kappa shape index (κ3) is 3.61. The first-order chi connectivity index (χ1) is 11.3. The monoisotopic (exact) mass is 347 g/mol. The highest BCUT2D eigenvalue weighted by Crippen LogP contribution is 2.36. The van der Waals surface area contributed by atoms with Crippen LogP contribution in [0.5, 0.6) is 0 Å². The number of rotatable bonds is 3. The van der Waals surface area contributed by atoms with Crippen molar-refractivity contribution in [3.05, 3.63) is 30.0 Å². The van der Waals surface area contributed by atoms with Crippen LogP contribution in [0.1, 0.15) is 43.0 Å². The lowest BCUT2D eigenvalue weighted by Gasteiger charge is -2.27. The molecule has 0 bridgehead atoms. The quantitative estimate of drug-likeness (QED) is 0.777. The molecule has 2 aromatic rings. The summed E-state index contributed by atoms with van der Waals surface area (Å²) in [7, 11) is 0. The second-order valence-electron chi connectivity index (χ2n) is 5.72. The van der Waals surface area contributed by atoms with Gasteiger partial charge in [-0.3, -0.25) is 4.98 Å². The van der Waals surface area contributed by atoms with E-state index in [1.165, 1.54) is 12.4 Å². The second kappa shape index (κ2) is 6.54. The molecule has 0 aliphatic heterocycles. The van der Waals surface area contributed by atoms with Crippen LogP contribution in [0.2, 0.25) is 0 Å². The maximum Gasteiger partial charge on any atom is 0.419 e. The molecule has 130 valence electrons. The molecule has 1 aliphatic rings. The van der Waals surface area contributed by atoms with Crippen molar-refractivity contribution in [3.63, 3.8) is 0 Å². The first-order valence-electron chi connectivity index (χ1n) is 7.46. The Hall–Kier alpha value is -1.90. The zero-order valence-electron chi connectivity index (χ0n) is 12.4. The van der Waals surface area contributed by atoms with Crippen LogP contribution in [0.3, 0.4) is 0 Å². The van der Waals surface area contributed by atoms with E-state index in [0.29, 0.717) is 31.5 Å². The number of hydrogen-bond acceptors (Lipinski definition) is 4. The number of aromatic nitrogens is 3. The summed E-state index contributed by atoms with van der Waals surface area (Å²) in [5.41, 5.74) is -1.09. The van der Waals surface area contributed by atoms with Crippen molar-refractivity contribution >= 4 is 10.9 Å². The van der Waals surface area contributed by atoms with Crippen molar-refractivity contribution in [2.75, 3.05) is 0 Å². The maximum absolute atomic E-state index is 13.1. The SMILES string of the molecule is FC(F)OC1CCC(c2ncc3cncc(C(F)(F)F)c3n2)CC1.